The van der Waals surface area contributed by atoms with Gasteiger partial charge in [-0.2, -0.15) is 0 Å². The Hall–Kier alpha value is -0.390. The third kappa shape index (κ3) is 1.89. The van der Waals surface area contributed by atoms with Gasteiger partial charge in [0.05, 0.1) is 4.75 Å². The van der Waals surface area contributed by atoms with Gasteiger partial charge in [-0.15, -0.1) is 6.58 Å². The van der Waals surface area contributed by atoms with Crippen LogP contribution < -0.4 is 10.9 Å². The molecule has 2 saturated carbocycles. The number of nitrogens with two attached hydrogens (primary N) is 2. The average Bonchev–Trinajstić information content (AvgIpc) is 3.15. The molecule has 0 aromatic rings. The Balaban J connectivity index is 2.26. The summed E-state index contributed by atoms with van der Waals surface area (Å²) in [6.07, 6.45) is 7.40. The van der Waals surface area contributed by atoms with E-state index in [0.29, 0.717) is 6.42 Å². The highest BCUT2D eigenvalue weighted by Gasteiger charge is 2.82. The molecule has 0 amide bonds. The molecule has 5 heteroatoms. The Morgan fingerprint density at radius 1 is 1.42 bits per heavy atom. The van der Waals surface area contributed by atoms with Crippen molar-refractivity contribution in [1.29, 1.82) is 0 Å². The minimum absolute atomic E-state index is 0.234. The SMILES string of the molecule is C=CC1CC1(N)C1(CCCCC)CC1(C)S(N)(=O)=O. The highest BCUT2D eigenvalue weighted by Crippen LogP contribution is 2.75. The van der Waals surface area contributed by atoms with Gasteiger partial charge in [-0.05, 0) is 32.1 Å². The standard InChI is InChI=1S/C14H26N2O2S/c1-4-6-7-8-13(14(15)9-11(14)5-2)10-12(13,3)19(16,17)18/h5,11H,2,4,6-10,15H2,1,3H3,(H2,16,17,18). The van der Waals surface area contributed by atoms with Crippen LogP contribution in [0.25, 0.3) is 0 Å². The fraction of sp³-hybridized carbons (Fsp3) is 0.857. The number of hydrogen-bond donors (Lipinski definition) is 2. The maximum absolute atomic E-state index is 11.9. The highest BCUT2D eigenvalue weighted by atomic mass is 32.2. The molecule has 0 aromatic carbocycles. The second-order valence-corrected chi connectivity index (χ2v) is 8.57. The van der Waals surface area contributed by atoms with E-state index in [4.69, 9.17) is 10.9 Å². The number of sulfonamides is 1. The fourth-order valence-corrected chi connectivity index (χ4v) is 5.26. The Labute approximate surface area is 116 Å². The van der Waals surface area contributed by atoms with Crippen molar-refractivity contribution in [2.24, 2.45) is 22.2 Å². The van der Waals surface area contributed by atoms with Gasteiger partial charge < -0.3 is 5.73 Å². The van der Waals surface area contributed by atoms with Crippen LogP contribution >= 0.6 is 0 Å². The molecule has 0 saturated heterocycles. The van der Waals surface area contributed by atoms with E-state index in [1.807, 2.05) is 6.08 Å². The number of rotatable bonds is 7. The minimum atomic E-state index is -3.56. The zero-order valence-electron chi connectivity index (χ0n) is 12.0. The predicted molar refractivity (Wildman–Crippen MR) is 77.9 cm³/mol. The van der Waals surface area contributed by atoms with Gasteiger partial charge >= 0.3 is 0 Å². The summed E-state index contributed by atoms with van der Waals surface area (Å²) in [4.78, 5) is 0. The fourth-order valence-electron chi connectivity index (χ4n) is 3.97. The quantitative estimate of drug-likeness (QED) is 0.553. The summed E-state index contributed by atoms with van der Waals surface area (Å²) in [6.45, 7) is 7.71. The number of hydrogen-bond acceptors (Lipinski definition) is 3. The van der Waals surface area contributed by atoms with E-state index < -0.39 is 20.3 Å². The molecule has 4 unspecified atom stereocenters. The van der Waals surface area contributed by atoms with Crippen LogP contribution in [0.3, 0.4) is 0 Å². The summed E-state index contributed by atoms with van der Waals surface area (Å²) < 4.78 is 23.0. The average molecular weight is 286 g/mol. The Morgan fingerprint density at radius 2 is 2.05 bits per heavy atom. The molecule has 0 aliphatic heterocycles. The third-order valence-corrected chi connectivity index (χ3v) is 7.39. The van der Waals surface area contributed by atoms with Gasteiger partial charge in [-0.3, -0.25) is 0 Å². The van der Waals surface area contributed by atoms with E-state index in [1.165, 1.54) is 0 Å². The molecule has 0 radical (unpaired) electrons. The topological polar surface area (TPSA) is 86.2 Å². The summed E-state index contributed by atoms with van der Waals surface area (Å²) in [5.74, 6) is 0.234. The molecule has 2 rings (SSSR count). The second-order valence-electron chi connectivity index (χ2n) is 6.58. The molecule has 0 aromatic heterocycles. The van der Waals surface area contributed by atoms with Crippen molar-refractivity contribution in [3.63, 3.8) is 0 Å². The normalized spacial score (nSPS) is 44.9. The van der Waals surface area contributed by atoms with Crippen molar-refractivity contribution in [3.8, 4) is 0 Å². The van der Waals surface area contributed by atoms with Gasteiger partial charge in [0.1, 0.15) is 0 Å². The molecule has 2 fully saturated rings. The first-order chi connectivity index (χ1) is 8.68. The molecule has 4 nitrogen and oxygen atoms in total. The van der Waals surface area contributed by atoms with Crippen LogP contribution in [0, 0.1) is 11.3 Å². The lowest BCUT2D eigenvalue weighted by atomic mass is 9.84. The maximum Gasteiger partial charge on any atom is 0.215 e. The van der Waals surface area contributed by atoms with Gasteiger partial charge in [0.25, 0.3) is 0 Å². The predicted octanol–water partition coefficient (Wildman–Crippen LogP) is 1.91. The van der Waals surface area contributed by atoms with Crippen molar-refractivity contribution >= 4 is 10.0 Å². The number of primary sulfonamides is 1. The smallest absolute Gasteiger partial charge is 0.215 e. The zero-order chi connectivity index (χ0) is 14.5. The van der Waals surface area contributed by atoms with Gasteiger partial charge in [-0.1, -0.05) is 32.3 Å². The monoisotopic (exact) mass is 286 g/mol. The molecule has 4 N–H and O–H groups in total. The van der Waals surface area contributed by atoms with E-state index in [-0.39, 0.29) is 11.3 Å². The Kier molecular flexibility index (Phi) is 3.40. The summed E-state index contributed by atoms with van der Waals surface area (Å²) in [7, 11) is -3.56. The summed E-state index contributed by atoms with van der Waals surface area (Å²) >= 11 is 0. The van der Waals surface area contributed by atoms with E-state index in [1.54, 1.807) is 6.92 Å². The number of unbranched alkanes of at least 4 members (excludes halogenated alkanes) is 2. The highest BCUT2D eigenvalue weighted by molar-refractivity contribution is 7.90. The van der Waals surface area contributed by atoms with Crippen molar-refractivity contribution in [2.45, 2.75) is 62.7 Å². The van der Waals surface area contributed by atoms with Gasteiger partial charge in [0, 0.05) is 11.0 Å². The maximum atomic E-state index is 11.9. The third-order valence-electron chi connectivity index (χ3n) is 5.60. The molecule has 4 atom stereocenters. The second kappa shape index (κ2) is 4.30. The lowest BCUT2D eigenvalue weighted by Crippen LogP contribution is -2.45. The van der Waals surface area contributed by atoms with Crippen LogP contribution in [-0.2, 0) is 10.0 Å². The molecule has 2 aliphatic rings. The molecular weight excluding hydrogens is 260 g/mol. The van der Waals surface area contributed by atoms with E-state index in [0.717, 1.165) is 32.1 Å². The minimum Gasteiger partial charge on any atom is -0.324 e. The van der Waals surface area contributed by atoms with Crippen LogP contribution in [-0.4, -0.2) is 18.7 Å². The van der Waals surface area contributed by atoms with Crippen LogP contribution in [0.5, 0.6) is 0 Å². The van der Waals surface area contributed by atoms with Crippen molar-refractivity contribution < 1.29 is 8.42 Å². The Morgan fingerprint density at radius 3 is 2.42 bits per heavy atom. The summed E-state index contributed by atoms with van der Waals surface area (Å²) in [5, 5.41) is 5.46. The van der Waals surface area contributed by atoms with Crippen molar-refractivity contribution in [2.75, 3.05) is 0 Å². The van der Waals surface area contributed by atoms with Gasteiger partial charge in [0.2, 0.25) is 10.0 Å². The van der Waals surface area contributed by atoms with Gasteiger partial charge in [-0.25, -0.2) is 13.6 Å². The van der Waals surface area contributed by atoms with Crippen LogP contribution in [0.1, 0.15) is 52.4 Å². The van der Waals surface area contributed by atoms with E-state index >= 15 is 0 Å². The van der Waals surface area contributed by atoms with Crippen molar-refractivity contribution in [3.05, 3.63) is 12.7 Å². The molecule has 110 valence electrons. The lowest BCUT2D eigenvalue weighted by Gasteiger charge is -2.29. The zero-order valence-corrected chi connectivity index (χ0v) is 12.8. The first-order valence-corrected chi connectivity index (χ1v) is 8.67. The first kappa shape index (κ1) is 15.0. The molecule has 19 heavy (non-hydrogen) atoms. The molecule has 0 heterocycles. The lowest BCUT2D eigenvalue weighted by molar-refractivity contribution is 0.305. The van der Waals surface area contributed by atoms with Crippen LogP contribution in [0.15, 0.2) is 12.7 Å². The van der Waals surface area contributed by atoms with Gasteiger partial charge in [0.15, 0.2) is 0 Å². The Bertz CT molecular complexity index is 490. The van der Waals surface area contributed by atoms with Crippen LogP contribution in [0.4, 0.5) is 0 Å². The molecule has 0 bridgehead atoms. The molecule has 2 aliphatic carbocycles. The van der Waals surface area contributed by atoms with E-state index in [9.17, 15) is 8.42 Å². The molecular formula is C14H26N2O2S. The summed E-state index contributed by atoms with van der Waals surface area (Å²) in [6, 6.07) is 0. The molecule has 0 spiro atoms. The first-order valence-electron chi connectivity index (χ1n) is 7.12. The van der Waals surface area contributed by atoms with Crippen LogP contribution in [0.2, 0.25) is 0 Å². The van der Waals surface area contributed by atoms with Crippen molar-refractivity contribution in [1.82, 2.24) is 0 Å². The summed E-state index contributed by atoms with van der Waals surface area (Å²) in [5.41, 5.74) is 5.75. The largest absolute Gasteiger partial charge is 0.324 e. The van der Waals surface area contributed by atoms with E-state index in [2.05, 4.69) is 13.5 Å².